The summed E-state index contributed by atoms with van der Waals surface area (Å²) < 4.78 is 27.0. The lowest BCUT2D eigenvalue weighted by atomic mass is 10.2. The molecule has 0 saturated heterocycles. The Bertz CT molecular complexity index is 642. The summed E-state index contributed by atoms with van der Waals surface area (Å²) in [6.07, 6.45) is 5.15. The number of rotatable bonds is 5. The summed E-state index contributed by atoms with van der Waals surface area (Å²) in [5, 5.41) is 0.133. The van der Waals surface area contributed by atoms with E-state index in [9.17, 15) is 8.42 Å². The first-order valence-corrected chi connectivity index (χ1v) is 7.52. The van der Waals surface area contributed by atoms with E-state index in [1.54, 1.807) is 12.4 Å². The van der Waals surface area contributed by atoms with Gasteiger partial charge in [-0.25, -0.2) is 23.1 Å². The second-order valence-corrected chi connectivity index (χ2v) is 5.97. The van der Waals surface area contributed by atoms with Crippen molar-refractivity contribution in [2.75, 3.05) is 0 Å². The molecule has 2 aromatic rings. The second-order valence-electron chi connectivity index (χ2n) is 3.87. The van der Waals surface area contributed by atoms with E-state index in [0.29, 0.717) is 12.2 Å². The number of hydrogen-bond acceptors (Lipinski definition) is 4. The number of nitrogens with zero attached hydrogens (tertiary/aromatic N) is 2. The molecule has 0 radical (unpaired) electrons. The number of nitrogens with one attached hydrogen (secondary N) is 2. The molecule has 0 fully saturated rings. The number of aromatic nitrogens is 3. The lowest BCUT2D eigenvalue weighted by Crippen LogP contribution is -2.29. The molecule has 0 aliphatic carbocycles. The predicted molar refractivity (Wildman–Crippen MR) is 71.2 cm³/mol. The first-order valence-electron chi connectivity index (χ1n) is 5.66. The van der Waals surface area contributed by atoms with Crippen LogP contribution in [0.15, 0.2) is 35.6 Å². The molecule has 1 atom stereocenters. The maximum absolute atomic E-state index is 12.2. The van der Waals surface area contributed by atoms with E-state index in [-0.39, 0.29) is 10.0 Å². The van der Waals surface area contributed by atoms with Crippen LogP contribution in [0.1, 0.15) is 25.2 Å². The third kappa shape index (κ3) is 3.31. The van der Waals surface area contributed by atoms with Crippen molar-refractivity contribution in [2.45, 2.75) is 24.3 Å². The molecule has 0 spiro atoms. The van der Waals surface area contributed by atoms with E-state index >= 15 is 0 Å². The first kappa shape index (κ1) is 14.0. The molecule has 0 aromatic carbocycles. The average molecular weight is 301 g/mol. The molecule has 0 amide bonds. The topological polar surface area (TPSA) is 87.7 Å². The molecule has 0 aliphatic heterocycles. The summed E-state index contributed by atoms with van der Waals surface area (Å²) in [6, 6.07) is 2.29. The lowest BCUT2D eigenvalue weighted by Gasteiger charge is -2.14. The molecule has 1 unspecified atom stereocenters. The van der Waals surface area contributed by atoms with Crippen LogP contribution in [0, 0.1) is 0 Å². The lowest BCUT2D eigenvalue weighted by molar-refractivity contribution is 0.539. The van der Waals surface area contributed by atoms with Gasteiger partial charge in [0.15, 0.2) is 0 Å². The summed E-state index contributed by atoms with van der Waals surface area (Å²) >= 11 is 5.70. The largest absolute Gasteiger partial charge is 0.347 e. The number of pyridine rings is 1. The zero-order valence-electron chi connectivity index (χ0n) is 10.2. The molecule has 0 bridgehead atoms. The number of hydrogen-bond donors (Lipinski definition) is 2. The molecule has 2 rings (SSSR count). The predicted octanol–water partition coefficient (Wildman–Crippen LogP) is 1.89. The third-order valence-electron chi connectivity index (χ3n) is 2.56. The number of aromatic amines is 1. The van der Waals surface area contributed by atoms with Crippen molar-refractivity contribution in [3.63, 3.8) is 0 Å². The molecule has 102 valence electrons. The zero-order valence-corrected chi connectivity index (χ0v) is 11.7. The molecule has 2 heterocycles. The quantitative estimate of drug-likeness (QED) is 0.825. The molecule has 8 heteroatoms. The Kier molecular flexibility index (Phi) is 4.18. The van der Waals surface area contributed by atoms with Gasteiger partial charge in [-0.05, 0) is 18.6 Å². The summed E-state index contributed by atoms with van der Waals surface area (Å²) in [4.78, 5) is 10.8. The van der Waals surface area contributed by atoms with E-state index in [2.05, 4.69) is 19.7 Å². The fraction of sp³-hybridized carbons (Fsp3) is 0.273. The van der Waals surface area contributed by atoms with Gasteiger partial charge in [0.2, 0.25) is 10.0 Å². The Morgan fingerprint density at radius 3 is 2.79 bits per heavy atom. The van der Waals surface area contributed by atoms with Gasteiger partial charge >= 0.3 is 0 Å². The number of imidazole rings is 1. The average Bonchev–Trinajstić information content (AvgIpc) is 2.90. The fourth-order valence-electron chi connectivity index (χ4n) is 1.61. The van der Waals surface area contributed by atoms with Crippen LogP contribution in [0.25, 0.3) is 0 Å². The van der Waals surface area contributed by atoms with Crippen LogP contribution in [-0.4, -0.2) is 23.4 Å². The molecule has 6 nitrogen and oxygen atoms in total. The van der Waals surface area contributed by atoms with Crippen molar-refractivity contribution in [2.24, 2.45) is 0 Å². The maximum atomic E-state index is 12.2. The van der Waals surface area contributed by atoms with Crippen LogP contribution < -0.4 is 4.72 Å². The van der Waals surface area contributed by atoms with Crippen molar-refractivity contribution in [3.8, 4) is 0 Å². The van der Waals surface area contributed by atoms with Crippen molar-refractivity contribution >= 4 is 21.6 Å². The van der Waals surface area contributed by atoms with Gasteiger partial charge in [0.05, 0.1) is 10.9 Å². The van der Waals surface area contributed by atoms with Gasteiger partial charge in [-0.15, -0.1) is 0 Å². The molecular formula is C11H13ClN4O2S. The van der Waals surface area contributed by atoms with Crippen LogP contribution in [-0.2, 0) is 10.0 Å². The minimum Gasteiger partial charge on any atom is -0.347 e. The summed E-state index contributed by atoms with van der Waals surface area (Å²) in [7, 11) is -3.65. The van der Waals surface area contributed by atoms with Gasteiger partial charge in [0.1, 0.15) is 11.0 Å². The van der Waals surface area contributed by atoms with Crippen LogP contribution in [0.2, 0.25) is 5.15 Å². The molecular weight excluding hydrogens is 288 g/mol. The summed E-state index contributed by atoms with van der Waals surface area (Å²) in [6.45, 7) is 1.87. The third-order valence-corrected chi connectivity index (χ3v) is 4.24. The van der Waals surface area contributed by atoms with E-state index in [1.807, 2.05) is 6.92 Å². The van der Waals surface area contributed by atoms with Gasteiger partial charge in [-0.2, -0.15) is 0 Å². The summed E-state index contributed by atoms with van der Waals surface area (Å²) in [5.41, 5.74) is 0. The normalized spacial score (nSPS) is 13.4. The number of halogens is 1. The summed E-state index contributed by atoms with van der Waals surface area (Å²) in [5.74, 6) is 0.575. The Hall–Kier alpha value is -1.44. The van der Waals surface area contributed by atoms with Crippen LogP contribution >= 0.6 is 11.6 Å². The minimum absolute atomic E-state index is 0.0810. The Morgan fingerprint density at radius 1 is 1.42 bits per heavy atom. The van der Waals surface area contributed by atoms with Crippen LogP contribution in [0.5, 0.6) is 0 Å². The van der Waals surface area contributed by atoms with E-state index < -0.39 is 16.1 Å². The van der Waals surface area contributed by atoms with Gasteiger partial charge in [0, 0.05) is 18.6 Å². The van der Waals surface area contributed by atoms with Gasteiger partial charge in [-0.3, -0.25) is 0 Å². The highest BCUT2D eigenvalue weighted by Crippen LogP contribution is 2.18. The number of H-pyrrole nitrogens is 1. The smallest absolute Gasteiger partial charge is 0.241 e. The minimum atomic E-state index is -3.65. The Morgan fingerprint density at radius 2 is 2.21 bits per heavy atom. The fourth-order valence-corrected chi connectivity index (χ4v) is 3.14. The van der Waals surface area contributed by atoms with Crippen LogP contribution in [0.3, 0.4) is 0 Å². The maximum Gasteiger partial charge on any atom is 0.241 e. The standard InChI is InChI=1S/C11H13ClN4O2S/c1-2-9(11-14-5-6-15-11)16-19(17,18)8-3-4-13-10(12)7-8/h3-7,9,16H,2H2,1H3,(H,14,15). The Labute approximate surface area is 116 Å². The first-order chi connectivity index (χ1) is 9.03. The van der Waals surface area contributed by atoms with Crippen molar-refractivity contribution < 1.29 is 8.42 Å². The van der Waals surface area contributed by atoms with Gasteiger partial charge < -0.3 is 4.98 Å². The van der Waals surface area contributed by atoms with Crippen molar-refractivity contribution in [1.82, 2.24) is 19.7 Å². The zero-order chi connectivity index (χ0) is 13.9. The van der Waals surface area contributed by atoms with Gasteiger partial charge in [-0.1, -0.05) is 18.5 Å². The molecule has 19 heavy (non-hydrogen) atoms. The van der Waals surface area contributed by atoms with E-state index in [1.165, 1.54) is 18.3 Å². The highest BCUT2D eigenvalue weighted by molar-refractivity contribution is 7.89. The van der Waals surface area contributed by atoms with Gasteiger partial charge in [0.25, 0.3) is 0 Å². The highest BCUT2D eigenvalue weighted by Gasteiger charge is 2.21. The number of sulfonamides is 1. The van der Waals surface area contributed by atoms with Crippen molar-refractivity contribution in [1.29, 1.82) is 0 Å². The molecule has 0 saturated carbocycles. The molecule has 0 aliphatic rings. The Balaban J connectivity index is 2.26. The monoisotopic (exact) mass is 300 g/mol. The second kappa shape index (κ2) is 5.68. The highest BCUT2D eigenvalue weighted by atomic mass is 35.5. The SMILES string of the molecule is CCC(NS(=O)(=O)c1ccnc(Cl)c1)c1ncc[nH]1. The van der Waals surface area contributed by atoms with Crippen LogP contribution in [0.4, 0.5) is 0 Å². The molecule has 2 N–H and O–H groups in total. The van der Waals surface area contributed by atoms with Crippen molar-refractivity contribution in [3.05, 3.63) is 41.7 Å². The van der Waals surface area contributed by atoms with E-state index in [0.717, 1.165) is 0 Å². The molecule has 2 aromatic heterocycles. The van der Waals surface area contributed by atoms with E-state index in [4.69, 9.17) is 11.6 Å².